The van der Waals surface area contributed by atoms with Gasteiger partial charge in [-0.15, -0.1) is 0 Å². The van der Waals surface area contributed by atoms with Crippen LogP contribution in [-0.4, -0.2) is 19.6 Å². The Balaban J connectivity index is 2.19. The minimum absolute atomic E-state index is 0.253. The van der Waals surface area contributed by atoms with E-state index in [4.69, 9.17) is 5.26 Å². The summed E-state index contributed by atoms with van der Waals surface area (Å²) < 4.78 is 24.2. The zero-order chi connectivity index (χ0) is 17.7. The molecular formula is C15H12N4O4S. The van der Waals surface area contributed by atoms with E-state index in [1.54, 1.807) is 24.3 Å². The van der Waals surface area contributed by atoms with E-state index in [0.717, 1.165) is 6.07 Å². The van der Waals surface area contributed by atoms with Crippen molar-refractivity contribution in [3.05, 3.63) is 69.3 Å². The summed E-state index contributed by atoms with van der Waals surface area (Å²) in [5.41, 5.74) is 1.14. The number of nitro benzene ring substituents is 1. The van der Waals surface area contributed by atoms with Crippen LogP contribution in [0.4, 0.5) is 5.69 Å². The van der Waals surface area contributed by atoms with Crippen molar-refractivity contribution < 1.29 is 13.3 Å². The molecule has 0 heterocycles. The number of hydrogen-bond donors (Lipinski definition) is 1. The highest BCUT2D eigenvalue weighted by Gasteiger charge is 2.19. The normalized spacial score (nSPS) is 11.2. The Morgan fingerprint density at radius 3 is 2.50 bits per heavy atom. The molecule has 0 bridgehead atoms. The predicted octanol–water partition coefficient (Wildman–Crippen LogP) is 2.09. The quantitative estimate of drug-likeness (QED) is 0.505. The first-order chi connectivity index (χ1) is 11.3. The number of rotatable bonds is 5. The molecule has 2 aromatic carbocycles. The van der Waals surface area contributed by atoms with Gasteiger partial charge in [0.1, 0.15) is 0 Å². The van der Waals surface area contributed by atoms with E-state index < -0.39 is 14.9 Å². The molecule has 0 aliphatic rings. The van der Waals surface area contributed by atoms with Gasteiger partial charge < -0.3 is 0 Å². The standard InChI is InChI=1S/C15H12N4O4S/c1-11-2-7-14(8-15(11)19(20)21)24(22,23)18-17-10-13-5-3-12(9-16)4-6-13/h2-8,10,18H,1H3/b17-10-. The third kappa shape index (κ3) is 3.93. The zero-order valence-electron chi connectivity index (χ0n) is 12.5. The van der Waals surface area contributed by atoms with Crippen molar-refractivity contribution in [2.45, 2.75) is 11.8 Å². The fourth-order valence-electron chi connectivity index (χ4n) is 1.82. The molecule has 0 saturated carbocycles. The number of nitriles is 1. The Hall–Kier alpha value is -3.25. The number of hydrazone groups is 1. The van der Waals surface area contributed by atoms with E-state index >= 15 is 0 Å². The van der Waals surface area contributed by atoms with E-state index in [-0.39, 0.29) is 10.6 Å². The van der Waals surface area contributed by atoms with Gasteiger partial charge in [0.05, 0.1) is 27.7 Å². The fraction of sp³-hybridized carbons (Fsp3) is 0.0667. The molecule has 0 aliphatic heterocycles. The maximum atomic E-state index is 12.1. The van der Waals surface area contributed by atoms with Gasteiger partial charge >= 0.3 is 0 Å². The molecule has 0 atom stereocenters. The Morgan fingerprint density at radius 1 is 1.25 bits per heavy atom. The highest BCUT2D eigenvalue weighted by Crippen LogP contribution is 2.21. The van der Waals surface area contributed by atoms with Gasteiger partial charge in [0.15, 0.2) is 0 Å². The lowest BCUT2D eigenvalue weighted by atomic mass is 10.2. The van der Waals surface area contributed by atoms with Crippen molar-refractivity contribution in [2.24, 2.45) is 5.10 Å². The maximum Gasteiger partial charge on any atom is 0.276 e. The number of nitro groups is 1. The highest BCUT2D eigenvalue weighted by molar-refractivity contribution is 7.89. The Morgan fingerprint density at radius 2 is 1.92 bits per heavy atom. The van der Waals surface area contributed by atoms with Crippen LogP contribution in [0.15, 0.2) is 52.5 Å². The molecule has 122 valence electrons. The maximum absolute atomic E-state index is 12.1. The zero-order valence-corrected chi connectivity index (χ0v) is 13.3. The molecule has 2 rings (SSSR count). The van der Waals surface area contributed by atoms with Gasteiger partial charge in [0.25, 0.3) is 15.7 Å². The van der Waals surface area contributed by atoms with Crippen molar-refractivity contribution in [1.29, 1.82) is 5.26 Å². The first-order valence-corrected chi connectivity index (χ1v) is 8.12. The Bertz CT molecular complexity index is 944. The number of aryl methyl sites for hydroxylation is 1. The van der Waals surface area contributed by atoms with Crippen LogP contribution in [0.5, 0.6) is 0 Å². The number of hydrogen-bond acceptors (Lipinski definition) is 6. The molecule has 0 radical (unpaired) electrons. The summed E-state index contributed by atoms with van der Waals surface area (Å²) in [7, 11) is -4.02. The molecule has 0 aliphatic carbocycles. The van der Waals surface area contributed by atoms with E-state index in [9.17, 15) is 18.5 Å². The van der Waals surface area contributed by atoms with Crippen molar-refractivity contribution in [3.8, 4) is 6.07 Å². The lowest BCUT2D eigenvalue weighted by Crippen LogP contribution is -2.18. The number of sulfonamides is 1. The van der Waals surface area contributed by atoms with Crippen molar-refractivity contribution in [3.63, 3.8) is 0 Å². The fourth-order valence-corrected chi connectivity index (χ4v) is 2.63. The van der Waals surface area contributed by atoms with E-state index in [2.05, 4.69) is 5.10 Å². The second-order valence-electron chi connectivity index (χ2n) is 4.79. The third-order valence-electron chi connectivity index (χ3n) is 3.11. The topological polar surface area (TPSA) is 125 Å². The number of nitrogens with one attached hydrogen (secondary N) is 1. The highest BCUT2D eigenvalue weighted by atomic mass is 32.2. The third-order valence-corrected chi connectivity index (χ3v) is 4.33. The van der Waals surface area contributed by atoms with Crippen molar-refractivity contribution in [2.75, 3.05) is 0 Å². The van der Waals surface area contributed by atoms with Crippen LogP contribution in [0.25, 0.3) is 0 Å². The van der Waals surface area contributed by atoms with Gasteiger partial charge in [-0.3, -0.25) is 10.1 Å². The van der Waals surface area contributed by atoms with Crippen LogP contribution < -0.4 is 4.83 Å². The molecule has 0 saturated heterocycles. The van der Waals surface area contributed by atoms with Crippen LogP contribution >= 0.6 is 0 Å². The number of nitrogens with zero attached hydrogens (tertiary/aromatic N) is 3. The molecule has 0 amide bonds. The van der Waals surface area contributed by atoms with Crippen LogP contribution in [-0.2, 0) is 10.0 Å². The number of benzene rings is 2. The summed E-state index contributed by atoms with van der Waals surface area (Å²) in [6, 6.07) is 11.9. The summed E-state index contributed by atoms with van der Waals surface area (Å²) in [6.45, 7) is 1.52. The van der Waals surface area contributed by atoms with Crippen molar-refractivity contribution in [1.82, 2.24) is 4.83 Å². The predicted molar refractivity (Wildman–Crippen MR) is 86.9 cm³/mol. The first kappa shape index (κ1) is 17.1. The molecule has 24 heavy (non-hydrogen) atoms. The monoisotopic (exact) mass is 344 g/mol. The van der Waals surface area contributed by atoms with Gasteiger partial charge in [-0.25, -0.2) is 4.83 Å². The average Bonchev–Trinajstić information content (AvgIpc) is 2.55. The van der Waals surface area contributed by atoms with Gasteiger partial charge in [-0.1, -0.05) is 18.2 Å². The molecule has 0 spiro atoms. The summed E-state index contributed by atoms with van der Waals surface area (Å²) in [5.74, 6) is 0. The van der Waals surface area contributed by atoms with E-state index in [1.165, 1.54) is 25.3 Å². The van der Waals surface area contributed by atoms with Gasteiger partial charge in [-0.2, -0.15) is 18.8 Å². The smallest absolute Gasteiger partial charge is 0.258 e. The molecule has 0 aromatic heterocycles. The summed E-state index contributed by atoms with van der Waals surface area (Å²) in [6.07, 6.45) is 1.27. The summed E-state index contributed by atoms with van der Waals surface area (Å²) in [4.78, 5) is 12.0. The lowest BCUT2D eigenvalue weighted by molar-refractivity contribution is -0.385. The molecule has 8 nitrogen and oxygen atoms in total. The van der Waals surface area contributed by atoms with Crippen LogP contribution in [0.3, 0.4) is 0 Å². The second-order valence-corrected chi connectivity index (χ2v) is 6.45. The van der Waals surface area contributed by atoms with Crippen LogP contribution in [0.2, 0.25) is 0 Å². The van der Waals surface area contributed by atoms with Crippen LogP contribution in [0.1, 0.15) is 16.7 Å². The molecule has 0 fully saturated rings. The SMILES string of the molecule is Cc1ccc(S(=O)(=O)N/N=C\c2ccc(C#N)cc2)cc1[N+](=O)[O-]. The van der Waals surface area contributed by atoms with Gasteiger partial charge in [0.2, 0.25) is 0 Å². The van der Waals surface area contributed by atoms with Crippen molar-refractivity contribution >= 4 is 21.9 Å². The molecule has 2 aromatic rings. The molecular weight excluding hydrogens is 332 g/mol. The minimum atomic E-state index is -4.02. The molecule has 1 N–H and O–H groups in total. The summed E-state index contributed by atoms with van der Waals surface area (Å²) in [5, 5.41) is 23.2. The first-order valence-electron chi connectivity index (χ1n) is 6.63. The van der Waals surface area contributed by atoms with E-state index in [1.807, 2.05) is 10.9 Å². The Kier molecular flexibility index (Phi) is 4.91. The van der Waals surface area contributed by atoms with Gasteiger partial charge in [-0.05, 0) is 30.7 Å². The molecule has 9 heteroatoms. The Labute approximate surface area is 138 Å². The van der Waals surface area contributed by atoms with Gasteiger partial charge in [0, 0.05) is 11.6 Å². The average molecular weight is 344 g/mol. The van der Waals surface area contributed by atoms with Crippen LogP contribution in [0, 0.1) is 28.4 Å². The molecule has 0 unspecified atom stereocenters. The lowest BCUT2D eigenvalue weighted by Gasteiger charge is -2.04. The minimum Gasteiger partial charge on any atom is -0.258 e. The summed E-state index contributed by atoms with van der Waals surface area (Å²) >= 11 is 0. The largest absolute Gasteiger partial charge is 0.276 e. The van der Waals surface area contributed by atoms with E-state index in [0.29, 0.717) is 16.7 Å². The second kappa shape index (κ2) is 6.89.